The lowest BCUT2D eigenvalue weighted by Gasteiger charge is -2.29. The maximum absolute atomic E-state index is 12.5. The van der Waals surface area contributed by atoms with E-state index in [1.807, 2.05) is 24.3 Å². The van der Waals surface area contributed by atoms with Crippen LogP contribution in [0.2, 0.25) is 0 Å². The van der Waals surface area contributed by atoms with E-state index in [0.29, 0.717) is 17.9 Å². The lowest BCUT2D eigenvalue weighted by Crippen LogP contribution is -2.42. The maximum atomic E-state index is 12.5. The molecular weight excluding hydrogens is 342 g/mol. The van der Waals surface area contributed by atoms with Crippen molar-refractivity contribution in [1.82, 2.24) is 5.32 Å². The van der Waals surface area contributed by atoms with Crippen LogP contribution in [0.25, 0.3) is 0 Å². The Balaban J connectivity index is 1.42. The number of carbonyl (C=O) groups excluding carboxylic acids is 3. The number of fused-ring (bicyclic) bond motifs is 1. The second-order valence-electron chi connectivity index (χ2n) is 6.48. The molecule has 1 aliphatic rings. The SMILES string of the molecule is O=C(CCC(=O)N1CC(=O)Nc2ccccc21)NCCCc1ccccc1. The molecule has 6 heteroatoms. The highest BCUT2D eigenvalue weighted by atomic mass is 16.2. The zero-order valence-corrected chi connectivity index (χ0v) is 15.1. The third kappa shape index (κ3) is 5.17. The molecular formula is C21H23N3O3. The molecule has 140 valence electrons. The molecule has 2 N–H and O–H groups in total. The van der Waals surface area contributed by atoms with E-state index < -0.39 is 0 Å². The summed E-state index contributed by atoms with van der Waals surface area (Å²) in [6.45, 7) is 0.561. The van der Waals surface area contributed by atoms with Gasteiger partial charge in [-0.25, -0.2) is 0 Å². The number of benzene rings is 2. The Hall–Kier alpha value is -3.15. The lowest BCUT2D eigenvalue weighted by atomic mass is 10.1. The fraction of sp³-hybridized carbons (Fsp3) is 0.286. The Morgan fingerprint density at radius 2 is 1.74 bits per heavy atom. The van der Waals surface area contributed by atoms with Gasteiger partial charge < -0.3 is 15.5 Å². The zero-order valence-electron chi connectivity index (χ0n) is 15.1. The van der Waals surface area contributed by atoms with E-state index in [0.717, 1.165) is 12.8 Å². The van der Waals surface area contributed by atoms with Gasteiger partial charge in [0, 0.05) is 19.4 Å². The Kier molecular flexibility index (Phi) is 6.20. The van der Waals surface area contributed by atoms with Gasteiger partial charge in [0.2, 0.25) is 17.7 Å². The molecule has 0 unspecified atom stereocenters. The van der Waals surface area contributed by atoms with Crippen LogP contribution < -0.4 is 15.5 Å². The van der Waals surface area contributed by atoms with Gasteiger partial charge >= 0.3 is 0 Å². The van der Waals surface area contributed by atoms with Crippen molar-refractivity contribution in [1.29, 1.82) is 0 Å². The van der Waals surface area contributed by atoms with E-state index in [1.54, 1.807) is 18.2 Å². The fourth-order valence-electron chi connectivity index (χ4n) is 3.06. The smallest absolute Gasteiger partial charge is 0.244 e. The molecule has 0 saturated carbocycles. The number of rotatable bonds is 7. The lowest BCUT2D eigenvalue weighted by molar-refractivity contribution is -0.125. The van der Waals surface area contributed by atoms with E-state index in [2.05, 4.69) is 22.8 Å². The second-order valence-corrected chi connectivity index (χ2v) is 6.48. The minimum Gasteiger partial charge on any atom is -0.356 e. The third-order valence-corrected chi connectivity index (χ3v) is 4.44. The van der Waals surface area contributed by atoms with E-state index in [-0.39, 0.29) is 37.1 Å². The average Bonchev–Trinajstić information content (AvgIpc) is 2.69. The Morgan fingerprint density at radius 3 is 2.56 bits per heavy atom. The van der Waals surface area contributed by atoms with E-state index in [9.17, 15) is 14.4 Å². The van der Waals surface area contributed by atoms with Gasteiger partial charge in [0.15, 0.2) is 0 Å². The summed E-state index contributed by atoms with van der Waals surface area (Å²) < 4.78 is 0. The van der Waals surface area contributed by atoms with Crippen LogP contribution in [0, 0.1) is 0 Å². The fourth-order valence-corrected chi connectivity index (χ4v) is 3.06. The first-order valence-electron chi connectivity index (χ1n) is 9.13. The van der Waals surface area contributed by atoms with Gasteiger partial charge in [0.05, 0.1) is 11.4 Å². The summed E-state index contributed by atoms with van der Waals surface area (Å²) in [6, 6.07) is 17.3. The van der Waals surface area contributed by atoms with Gasteiger partial charge in [-0.05, 0) is 30.5 Å². The molecule has 2 aromatic rings. The summed E-state index contributed by atoms with van der Waals surface area (Å²) >= 11 is 0. The number of carbonyl (C=O) groups is 3. The number of hydrogen-bond donors (Lipinski definition) is 2. The van der Waals surface area contributed by atoms with Gasteiger partial charge in [-0.2, -0.15) is 0 Å². The molecule has 2 aromatic carbocycles. The van der Waals surface area contributed by atoms with Gasteiger partial charge in [0.1, 0.15) is 6.54 Å². The van der Waals surface area contributed by atoms with Crippen LogP contribution >= 0.6 is 0 Å². The Labute approximate surface area is 158 Å². The van der Waals surface area contributed by atoms with Crippen molar-refractivity contribution in [2.24, 2.45) is 0 Å². The Morgan fingerprint density at radius 1 is 1.00 bits per heavy atom. The molecule has 0 saturated heterocycles. The van der Waals surface area contributed by atoms with E-state index >= 15 is 0 Å². The second kappa shape index (κ2) is 8.98. The van der Waals surface area contributed by atoms with Crippen molar-refractivity contribution in [2.75, 3.05) is 23.3 Å². The monoisotopic (exact) mass is 365 g/mol. The summed E-state index contributed by atoms with van der Waals surface area (Å²) in [4.78, 5) is 37.7. The molecule has 6 nitrogen and oxygen atoms in total. The molecule has 0 aromatic heterocycles. The average molecular weight is 365 g/mol. The Bertz CT molecular complexity index is 820. The van der Waals surface area contributed by atoms with Crippen molar-refractivity contribution in [3.63, 3.8) is 0 Å². The predicted octanol–water partition coefficient (Wildman–Crippen LogP) is 2.50. The van der Waals surface area contributed by atoms with Crippen molar-refractivity contribution in [3.05, 3.63) is 60.2 Å². The summed E-state index contributed by atoms with van der Waals surface area (Å²) in [6.07, 6.45) is 1.94. The number of aryl methyl sites for hydroxylation is 1. The highest BCUT2D eigenvalue weighted by molar-refractivity contribution is 6.10. The summed E-state index contributed by atoms with van der Waals surface area (Å²) in [5.74, 6) is -0.602. The molecule has 0 atom stereocenters. The van der Waals surface area contributed by atoms with Crippen molar-refractivity contribution < 1.29 is 14.4 Å². The molecule has 1 aliphatic heterocycles. The molecule has 1 heterocycles. The van der Waals surface area contributed by atoms with Gasteiger partial charge in [-0.1, -0.05) is 42.5 Å². The van der Waals surface area contributed by atoms with Crippen LogP contribution in [-0.4, -0.2) is 30.8 Å². The molecule has 3 amide bonds. The minimum absolute atomic E-state index is 0.0193. The maximum Gasteiger partial charge on any atom is 0.244 e. The molecule has 0 bridgehead atoms. The van der Waals surface area contributed by atoms with Crippen LogP contribution in [-0.2, 0) is 20.8 Å². The van der Waals surface area contributed by atoms with Crippen LogP contribution in [0.1, 0.15) is 24.8 Å². The normalized spacial score (nSPS) is 12.9. The quantitative estimate of drug-likeness (QED) is 0.740. The van der Waals surface area contributed by atoms with E-state index in [4.69, 9.17) is 0 Å². The molecule has 0 aliphatic carbocycles. The standard InChI is InChI=1S/C21H23N3O3/c25-19(22-14-6-9-16-7-2-1-3-8-16)12-13-21(27)24-15-20(26)23-17-10-4-5-11-18(17)24/h1-5,7-8,10-11H,6,9,12-15H2,(H,22,25)(H,23,26). The topological polar surface area (TPSA) is 78.5 Å². The van der Waals surface area contributed by atoms with E-state index in [1.165, 1.54) is 10.5 Å². The molecule has 0 fully saturated rings. The van der Waals surface area contributed by atoms with Crippen LogP contribution in [0.4, 0.5) is 11.4 Å². The molecule has 0 radical (unpaired) electrons. The summed E-state index contributed by atoms with van der Waals surface area (Å²) in [5, 5.41) is 5.60. The van der Waals surface area contributed by atoms with Gasteiger partial charge in [0.25, 0.3) is 0 Å². The molecule has 27 heavy (non-hydrogen) atoms. The van der Waals surface area contributed by atoms with Gasteiger partial charge in [-0.15, -0.1) is 0 Å². The number of nitrogens with zero attached hydrogens (tertiary/aromatic N) is 1. The van der Waals surface area contributed by atoms with Crippen LogP contribution in [0.3, 0.4) is 0 Å². The summed E-state index contributed by atoms with van der Waals surface area (Å²) in [7, 11) is 0. The van der Waals surface area contributed by atoms with Crippen molar-refractivity contribution in [2.45, 2.75) is 25.7 Å². The number of nitrogens with one attached hydrogen (secondary N) is 2. The zero-order chi connectivity index (χ0) is 19.1. The molecule has 3 rings (SSSR count). The number of anilines is 2. The highest BCUT2D eigenvalue weighted by Gasteiger charge is 2.26. The number of amides is 3. The van der Waals surface area contributed by atoms with Crippen LogP contribution in [0.15, 0.2) is 54.6 Å². The van der Waals surface area contributed by atoms with Gasteiger partial charge in [-0.3, -0.25) is 14.4 Å². The molecule has 0 spiro atoms. The van der Waals surface area contributed by atoms with Crippen molar-refractivity contribution >= 4 is 29.1 Å². The van der Waals surface area contributed by atoms with Crippen LogP contribution in [0.5, 0.6) is 0 Å². The minimum atomic E-state index is -0.229. The first-order chi connectivity index (χ1) is 13.1. The number of para-hydroxylation sites is 2. The third-order valence-electron chi connectivity index (χ3n) is 4.44. The first kappa shape index (κ1) is 18.6. The largest absolute Gasteiger partial charge is 0.356 e. The summed E-state index contributed by atoms with van der Waals surface area (Å²) in [5.41, 5.74) is 2.53. The highest BCUT2D eigenvalue weighted by Crippen LogP contribution is 2.29. The van der Waals surface area contributed by atoms with Crippen molar-refractivity contribution in [3.8, 4) is 0 Å². The first-order valence-corrected chi connectivity index (χ1v) is 9.13. The number of hydrogen-bond acceptors (Lipinski definition) is 3. The predicted molar refractivity (Wildman–Crippen MR) is 104 cm³/mol.